The first-order valence-corrected chi connectivity index (χ1v) is 10.2. The van der Waals surface area contributed by atoms with Crippen LogP contribution in [0.25, 0.3) is 0 Å². The molecule has 0 fully saturated rings. The molecule has 0 saturated heterocycles. The molecule has 0 aliphatic carbocycles. The molecule has 8 heteroatoms. The van der Waals surface area contributed by atoms with Gasteiger partial charge in [-0.3, -0.25) is 4.79 Å². The molecule has 2 aromatic rings. The summed E-state index contributed by atoms with van der Waals surface area (Å²) in [5, 5.41) is 6.65. The Kier molecular flexibility index (Phi) is 11.5. The Hall–Kier alpha value is -2.10. The van der Waals surface area contributed by atoms with Gasteiger partial charge in [0.05, 0.1) is 0 Å². The molecule has 0 atom stereocenters. The van der Waals surface area contributed by atoms with Crippen molar-refractivity contribution in [2.45, 2.75) is 40.3 Å². The van der Waals surface area contributed by atoms with Crippen molar-refractivity contribution >= 4 is 35.8 Å². The van der Waals surface area contributed by atoms with Crippen molar-refractivity contribution < 1.29 is 4.79 Å². The summed E-state index contributed by atoms with van der Waals surface area (Å²) >= 11 is 0. The predicted molar refractivity (Wildman–Crippen MR) is 133 cm³/mol. The van der Waals surface area contributed by atoms with Crippen molar-refractivity contribution in [3.05, 3.63) is 53.6 Å². The van der Waals surface area contributed by atoms with Gasteiger partial charge in [-0.2, -0.15) is 0 Å². The van der Waals surface area contributed by atoms with Gasteiger partial charge in [0, 0.05) is 51.7 Å². The molecule has 166 valence electrons. The average Bonchev–Trinajstić information content (AvgIpc) is 3.12. The number of hydrogen-bond acceptors (Lipinski definition) is 3. The van der Waals surface area contributed by atoms with Crippen molar-refractivity contribution in [1.29, 1.82) is 0 Å². The Morgan fingerprint density at radius 2 is 2.03 bits per heavy atom. The summed E-state index contributed by atoms with van der Waals surface area (Å²) in [7, 11) is 3.53. The molecule has 2 rings (SSSR count). The fourth-order valence-corrected chi connectivity index (χ4v) is 2.99. The SMILES string of the molecule is CCNC(=NCc1nccn1CC(C)C)NCCc1cccc(C(=O)N(C)C)c1.I. The van der Waals surface area contributed by atoms with E-state index in [0.29, 0.717) is 18.0 Å². The molecule has 0 radical (unpaired) electrons. The number of carbonyl (C=O) groups is 1. The molecule has 30 heavy (non-hydrogen) atoms. The lowest BCUT2D eigenvalue weighted by Gasteiger charge is -2.13. The van der Waals surface area contributed by atoms with Gasteiger partial charge < -0.3 is 20.1 Å². The van der Waals surface area contributed by atoms with Gasteiger partial charge in [0.25, 0.3) is 5.91 Å². The Morgan fingerprint density at radius 1 is 1.27 bits per heavy atom. The van der Waals surface area contributed by atoms with Crippen LogP contribution in [0.15, 0.2) is 41.7 Å². The van der Waals surface area contributed by atoms with Crippen molar-refractivity contribution in [3.8, 4) is 0 Å². The van der Waals surface area contributed by atoms with Crippen molar-refractivity contribution in [3.63, 3.8) is 0 Å². The van der Waals surface area contributed by atoms with Crippen molar-refractivity contribution in [2.24, 2.45) is 10.9 Å². The Balaban J connectivity index is 0.00000450. The summed E-state index contributed by atoms with van der Waals surface area (Å²) in [6.07, 6.45) is 4.64. The second-order valence-corrected chi connectivity index (χ2v) is 7.66. The van der Waals surface area contributed by atoms with Crippen LogP contribution in [-0.2, 0) is 19.5 Å². The maximum absolute atomic E-state index is 12.1. The van der Waals surface area contributed by atoms with Crippen LogP contribution in [-0.4, -0.2) is 53.5 Å². The van der Waals surface area contributed by atoms with Crippen LogP contribution in [0.2, 0.25) is 0 Å². The molecule has 0 spiro atoms. The number of nitrogens with one attached hydrogen (secondary N) is 2. The first-order chi connectivity index (χ1) is 13.9. The number of rotatable bonds is 9. The first kappa shape index (κ1) is 25.9. The fraction of sp³-hybridized carbons (Fsp3) is 0.500. The number of carbonyl (C=O) groups excluding carboxylic acids is 1. The van der Waals surface area contributed by atoms with Crippen LogP contribution in [0.3, 0.4) is 0 Å². The molecule has 2 N–H and O–H groups in total. The van der Waals surface area contributed by atoms with Gasteiger partial charge in [-0.15, -0.1) is 24.0 Å². The number of aromatic nitrogens is 2. The van der Waals surface area contributed by atoms with E-state index in [4.69, 9.17) is 0 Å². The monoisotopic (exact) mass is 526 g/mol. The number of halogens is 1. The maximum Gasteiger partial charge on any atom is 0.253 e. The fourth-order valence-electron chi connectivity index (χ4n) is 2.99. The number of guanidine groups is 1. The number of imidazole rings is 1. The van der Waals surface area contributed by atoms with Crippen LogP contribution in [0, 0.1) is 5.92 Å². The third kappa shape index (κ3) is 8.33. The number of amides is 1. The molecule has 1 amide bonds. The summed E-state index contributed by atoms with van der Waals surface area (Å²) in [6.45, 7) is 9.43. The van der Waals surface area contributed by atoms with Gasteiger partial charge in [0.1, 0.15) is 12.4 Å². The highest BCUT2D eigenvalue weighted by Gasteiger charge is 2.08. The average molecular weight is 526 g/mol. The van der Waals surface area contributed by atoms with Crippen LogP contribution in [0.4, 0.5) is 0 Å². The molecular weight excluding hydrogens is 491 g/mol. The minimum absolute atomic E-state index is 0. The van der Waals surface area contributed by atoms with Crippen LogP contribution in [0.1, 0.15) is 42.5 Å². The minimum atomic E-state index is 0. The number of hydrogen-bond donors (Lipinski definition) is 2. The lowest BCUT2D eigenvalue weighted by molar-refractivity contribution is 0.0827. The standard InChI is InChI=1S/C22H34N6O.HI/c1-6-23-22(26-15-20-24-12-13-28(20)16-17(2)3)25-11-10-18-8-7-9-19(14-18)21(29)27(4)5;/h7-9,12-14,17H,6,10-11,15-16H2,1-5H3,(H2,23,25,26);1H. The van der Waals surface area contributed by atoms with E-state index in [9.17, 15) is 4.79 Å². The normalized spacial score (nSPS) is 11.2. The van der Waals surface area contributed by atoms with E-state index in [2.05, 4.69) is 39.0 Å². The maximum atomic E-state index is 12.1. The van der Waals surface area contributed by atoms with Crippen LogP contribution < -0.4 is 10.6 Å². The summed E-state index contributed by atoms with van der Waals surface area (Å²) < 4.78 is 2.16. The summed E-state index contributed by atoms with van der Waals surface area (Å²) in [6, 6.07) is 7.78. The van der Waals surface area contributed by atoms with Gasteiger partial charge in [0.15, 0.2) is 5.96 Å². The van der Waals surface area contributed by atoms with Gasteiger partial charge in [-0.25, -0.2) is 9.98 Å². The third-order valence-electron chi connectivity index (χ3n) is 4.37. The molecule has 0 unspecified atom stereocenters. The highest BCUT2D eigenvalue weighted by molar-refractivity contribution is 14.0. The Labute approximate surface area is 197 Å². The zero-order valence-electron chi connectivity index (χ0n) is 18.7. The topological polar surface area (TPSA) is 74.5 Å². The lowest BCUT2D eigenvalue weighted by Crippen LogP contribution is -2.38. The molecule has 0 bridgehead atoms. The molecule has 1 heterocycles. The van der Waals surface area contributed by atoms with E-state index in [0.717, 1.165) is 43.4 Å². The first-order valence-electron chi connectivity index (χ1n) is 10.2. The number of nitrogens with zero attached hydrogens (tertiary/aromatic N) is 4. The van der Waals surface area contributed by atoms with Gasteiger partial charge in [-0.1, -0.05) is 26.0 Å². The largest absolute Gasteiger partial charge is 0.357 e. The Bertz CT molecular complexity index is 815. The lowest BCUT2D eigenvalue weighted by atomic mass is 10.1. The highest BCUT2D eigenvalue weighted by atomic mass is 127. The molecule has 7 nitrogen and oxygen atoms in total. The number of benzene rings is 1. The van der Waals surface area contributed by atoms with Crippen molar-refractivity contribution in [2.75, 3.05) is 27.2 Å². The second-order valence-electron chi connectivity index (χ2n) is 7.66. The van der Waals surface area contributed by atoms with E-state index in [-0.39, 0.29) is 29.9 Å². The molecule has 0 saturated carbocycles. The molecule has 1 aromatic carbocycles. The van der Waals surface area contributed by atoms with Gasteiger partial charge >= 0.3 is 0 Å². The number of aliphatic imine (C=N–C) groups is 1. The summed E-state index contributed by atoms with van der Waals surface area (Å²) in [5.74, 6) is 2.32. The van der Waals surface area contributed by atoms with E-state index in [1.165, 1.54) is 0 Å². The van der Waals surface area contributed by atoms with Crippen LogP contribution >= 0.6 is 24.0 Å². The van der Waals surface area contributed by atoms with E-state index in [1.807, 2.05) is 43.6 Å². The smallest absolute Gasteiger partial charge is 0.253 e. The second kappa shape index (κ2) is 13.3. The molecular formula is C22H35IN6O. The molecule has 1 aromatic heterocycles. The van der Waals surface area contributed by atoms with Gasteiger partial charge in [0.2, 0.25) is 0 Å². The third-order valence-corrected chi connectivity index (χ3v) is 4.37. The predicted octanol–water partition coefficient (Wildman–Crippen LogP) is 3.16. The Morgan fingerprint density at radius 3 is 2.70 bits per heavy atom. The highest BCUT2D eigenvalue weighted by Crippen LogP contribution is 2.08. The molecule has 0 aliphatic rings. The summed E-state index contributed by atoms with van der Waals surface area (Å²) in [4.78, 5) is 22.8. The van der Waals surface area contributed by atoms with E-state index in [1.54, 1.807) is 19.0 Å². The zero-order valence-corrected chi connectivity index (χ0v) is 21.0. The summed E-state index contributed by atoms with van der Waals surface area (Å²) in [5.41, 5.74) is 1.83. The van der Waals surface area contributed by atoms with Crippen molar-refractivity contribution in [1.82, 2.24) is 25.1 Å². The van der Waals surface area contributed by atoms with E-state index < -0.39 is 0 Å². The quantitative estimate of drug-likeness (QED) is 0.299. The van der Waals surface area contributed by atoms with Gasteiger partial charge in [-0.05, 0) is 37.0 Å². The molecule has 0 aliphatic heterocycles. The minimum Gasteiger partial charge on any atom is -0.357 e. The zero-order chi connectivity index (χ0) is 21.2. The van der Waals surface area contributed by atoms with E-state index >= 15 is 0 Å². The van der Waals surface area contributed by atoms with Crippen LogP contribution in [0.5, 0.6) is 0 Å².